The van der Waals surface area contributed by atoms with Crippen molar-refractivity contribution in [1.82, 2.24) is 9.80 Å². The number of hydrogen-bond donors (Lipinski definition) is 0. The summed E-state index contributed by atoms with van der Waals surface area (Å²) in [4.78, 5) is 27.7. The topological polar surface area (TPSA) is 59.1 Å². The maximum atomic E-state index is 12.4. The van der Waals surface area contributed by atoms with E-state index in [1.807, 2.05) is 41.8 Å². The zero-order valence-electron chi connectivity index (χ0n) is 15.4. The molecule has 0 saturated carbocycles. The first-order valence-electron chi connectivity index (χ1n) is 8.77. The molecule has 1 aromatic carbocycles. The standard InChI is InChI=1S/C19H28N2O4/c1-15-6-4-7-17(16(15)2)25-13-8-18(22)21-10-5-9-20(11-12-21)14-19(23)24-3/h4,6-7H,5,8-14H2,1-3H3. The third-order valence-electron chi connectivity index (χ3n) is 4.65. The van der Waals surface area contributed by atoms with Crippen molar-refractivity contribution in [2.24, 2.45) is 0 Å². The van der Waals surface area contributed by atoms with Crippen molar-refractivity contribution < 1.29 is 19.1 Å². The Labute approximate surface area is 149 Å². The minimum atomic E-state index is -0.235. The predicted molar refractivity (Wildman–Crippen MR) is 95.7 cm³/mol. The Hall–Kier alpha value is -2.08. The lowest BCUT2D eigenvalue weighted by molar-refractivity contribution is -0.141. The first-order valence-corrected chi connectivity index (χ1v) is 8.77. The summed E-state index contributed by atoms with van der Waals surface area (Å²) < 4.78 is 10.5. The highest BCUT2D eigenvalue weighted by molar-refractivity contribution is 5.76. The Morgan fingerprint density at radius 3 is 2.68 bits per heavy atom. The molecule has 0 aromatic heterocycles. The molecular weight excluding hydrogens is 320 g/mol. The van der Waals surface area contributed by atoms with Crippen LogP contribution in [0.4, 0.5) is 0 Å². The second kappa shape index (κ2) is 9.42. The zero-order valence-corrected chi connectivity index (χ0v) is 15.4. The van der Waals surface area contributed by atoms with E-state index in [1.54, 1.807) is 0 Å². The van der Waals surface area contributed by atoms with E-state index in [4.69, 9.17) is 9.47 Å². The number of hydrogen-bond acceptors (Lipinski definition) is 5. The van der Waals surface area contributed by atoms with Gasteiger partial charge in [0.25, 0.3) is 0 Å². The Balaban J connectivity index is 1.77. The van der Waals surface area contributed by atoms with Gasteiger partial charge in [-0.1, -0.05) is 12.1 Å². The summed E-state index contributed by atoms with van der Waals surface area (Å²) in [6.45, 7) is 7.59. The monoisotopic (exact) mass is 348 g/mol. The number of ether oxygens (including phenoxy) is 2. The van der Waals surface area contributed by atoms with Crippen LogP contribution in [0.5, 0.6) is 5.75 Å². The molecule has 0 N–H and O–H groups in total. The highest BCUT2D eigenvalue weighted by Crippen LogP contribution is 2.20. The summed E-state index contributed by atoms with van der Waals surface area (Å²) in [5, 5.41) is 0. The number of carbonyl (C=O) groups is 2. The van der Waals surface area contributed by atoms with E-state index in [9.17, 15) is 9.59 Å². The molecule has 1 heterocycles. The fourth-order valence-electron chi connectivity index (χ4n) is 2.91. The average Bonchev–Trinajstić information content (AvgIpc) is 2.84. The summed E-state index contributed by atoms with van der Waals surface area (Å²) in [6.07, 6.45) is 1.23. The average molecular weight is 348 g/mol. The third kappa shape index (κ3) is 5.74. The quantitative estimate of drug-likeness (QED) is 0.734. The van der Waals surface area contributed by atoms with Crippen molar-refractivity contribution in [3.05, 3.63) is 29.3 Å². The highest BCUT2D eigenvalue weighted by atomic mass is 16.5. The van der Waals surface area contributed by atoms with Crippen LogP contribution in [0.3, 0.4) is 0 Å². The SMILES string of the molecule is COC(=O)CN1CCCN(C(=O)CCOc2cccc(C)c2C)CC1. The van der Waals surface area contributed by atoms with Gasteiger partial charge < -0.3 is 14.4 Å². The van der Waals surface area contributed by atoms with Gasteiger partial charge in [-0.2, -0.15) is 0 Å². The first-order chi connectivity index (χ1) is 12.0. The van der Waals surface area contributed by atoms with E-state index < -0.39 is 0 Å². The van der Waals surface area contributed by atoms with Crippen LogP contribution in [0.25, 0.3) is 0 Å². The number of nitrogens with zero attached hydrogens (tertiary/aromatic N) is 2. The molecule has 1 amide bonds. The fraction of sp³-hybridized carbons (Fsp3) is 0.579. The molecule has 1 saturated heterocycles. The second-order valence-corrected chi connectivity index (χ2v) is 6.38. The van der Waals surface area contributed by atoms with Crippen molar-refractivity contribution in [2.45, 2.75) is 26.7 Å². The van der Waals surface area contributed by atoms with Crippen LogP contribution in [-0.2, 0) is 14.3 Å². The molecule has 1 fully saturated rings. The van der Waals surface area contributed by atoms with Crippen molar-refractivity contribution in [3.63, 3.8) is 0 Å². The van der Waals surface area contributed by atoms with Crippen LogP contribution in [0.15, 0.2) is 18.2 Å². The summed E-state index contributed by atoms with van der Waals surface area (Å²) >= 11 is 0. The number of benzene rings is 1. The predicted octanol–water partition coefficient (Wildman–Crippen LogP) is 1.78. The van der Waals surface area contributed by atoms with Gasteiger partial charge in [-0.25, -0.2) is 0 Å². The Morgan fingerprint density at radius 1 is 1.12 bits per heavy atom. The number of rotatable bonds is 6. The van der Waals surface area contributed by atoms with Gasteiger partial charge in [-0.05, 0) is 37.5 Å². The molecule has 2 rings (SSSR count). The van der Waals surface area contributed by atoms with Gasteiger partial charge in [0.2, 0.25) is 5.91 Å². The molecule has 138 valence electrons. The van der Waals surface area contributed by atoms with Crippen LogP contribution < -0.4 is 4.74 Å². The largest absolute Gasteiger partial charge is 0.493 e. The molecule has 1 aliphatic rings. The summed E-state index contributed by atoms with van der Waals surface area (Å²) in [7, 11) is 1.39. The minimum Gasteiger partial charge on any atom is -0.493 e. The lowest BCUT2D eigenvalue weighted by atomic mass is 10.1. The molecule has 0 unspecified atom stereocenters. The Morgan fingerprint density at radius 2 is 1.92 bits per heavy atom. The zero-order chi connectivity index (χ0) is 18.2. The molecule has 0 aliphatic carbocycles. The maximum Gasteiger partial charge on any atom is 0.319 e. The number of esters is 1. The fourth-order valence-corrected chi connectivity index (χ4v) is 2.91. The van der Waals surface area contributed by atoms with Gasteiger partial charge in [0.05, 0.1) is 26.7 Å². The van der Waals surface area contributed by atoms with Gasteiger partial charge in [-0.15, -0.1) is 0 Å². The van der Waals surface area contributed by atoms with Crippen LogP contribution in [0, 0.1) is 13.8 Å². The minimum absolute atomic E-state index is 0.102. The number of methoxy groups -OCH3 is 1. The smallest absolute Gasteiger partial charge is 0.319 e. The van der Waals surface area contributed by atoms with E-state index in [2.05, 4.69) is 0 Å². The number of carbonyl (C=O) groups excluding carboxylic acids is 2. The number of aryl methyl sites for hydroxylation is 1. The number of amides is 1. The van der Waals surface area contributed by atoms with Crippen LogP contribution in [-0.4, -0.2) is 68.1 Å². The molecule has 1 aliphatic heterocycles. The van der Waals surface area contributed by atoms with Crippen molar-refractivity contribution >= 4 is 11.9 Å². The van der Waals surface area contributed by atoms with E-state index in [1.165, 1.54) is 12.7 Å². The van der Waals surface area contributed by atoms with Crippen molar-refractivity contribution in [1.29, 1.82) is 0 Å². The van der Waals surface area contributed by atoms with Crippen molar-refractivity contribution in [2.75, 3.05) is 46.4 Å². The molecule has 0 radical (unpaired) electrons. The van der Waals surface area contributed by atoms with Gasteiger partial charge in [0.15, 0.2) is 0 Å². The molecular formula is C19H28N2O4. The lowest BCUT2D eigenvalue weighted by Crippen LogP contribution is -2.37. The van der Waals surface area contributed by atoms with Gasteiger partial charge in [-0.3, -0.25) is 14.5 Å². The van der Waals surface area contributed by atoms with Crippen molar-refractivity contribution in [3.8, 4) is 5.75 Å². The van der Waals surface area contributed by atoms with Gasteiger partial charge in [0, 0.05) is 26.2 Å². The molecule has 6 nitrogen and oxygen atoms in total. The van der Waals surface area contributed by atoms with Crippen LogP contribution in [0.1, 0.15) is 24.0 Å². The maximum absolute atomic E-state index is 12.4. The van der Waals surface area contributed by atoms with E-state index in [0.717, 1.165) is 30.8 Å². The molecule has 1 aromatic rings. The van der Waals surface area contributed by atoms with E-state index in [0.29, 0.717) is 26.1 Å². The van der Waals surface area contributed by atoms with Gasteiger partial charge >= 0.3 is 5.97 Å². The molecule has 0 bridgehead atoms. The van der Waals surface area contributed by atoms with E-state index >= 15 is 0 Å². The first kappa shape index (κ1) is 19.2. The molecule has 0 spiro atoms. The Bertz CT molecular complexity index is 603. The summed E-state index contributed by atoms with van der Waals surface area (Å²) in [6, 6.07) is 5.94. The highest BCUT2D eigenvalue weighted by Gasteiger charge is 2.20. The van der Waals surface area contributed by atoms with E-state index in [-0.39, 0.29) is 18.4 Å². The van der Waals surface area contributed by atoms with Crippen LogP contribution in [0.2, 0.25) is 0 Å². The summed E-state index contributed by atoms with van der Waals surface area (Å²) in [5.41, 5.74) is 2.30. The molecule has 25 heavy (non-hydrogen) atoms. The van der Waals surface area contributed by atoms with Crippen LogP contribution >= 0.6 is 0 Å². The molecule has 0 atom stereocenters. The molecule has 6 heteroatoms. The second-order valence-electron chi connectivity index (χ2n) is 6.38. The third-order valence-corrected chi connectivity index (χ3v) is 4.65. The Kier molecular flexibility index (Phi) is 7.25. The summed E-state index contributed by atoms with van der Waals surface area (Å²) in [5.74, 6) is 0.708. The normalized spacial score (nSPS) is 15.6. The lowest BCUT2D eigenvalue weighted by Gasteiger charge is -2.21. The van der Waals surface area contributed by atoms with Gasteiger partial charge in [0.1, 0.15) is 5.75 Å².